The number of aliphatic hydroxyl groups is 1. The van der Waals surface area contributed by atoms with Crippen molar-refractivity contribution >= 4 is 0 Å². The molecular weight excluding hydrogens is 234 g/mol. The zero-order chi connectivity index (χ0) is 14.0. The van der Waals surface area contributed by atoms with E-state index in [1.807, 2.05) is 18.2 Å². The van der Waals surface area contributed by atoms with Gasteiger partial charge in [-0.05, 0) is 41.4 Å². The first-order chi connectivity index (χ1) is 8.95. The first kappa shape index (κ1) is 14.1. The number of nitrogens with zero attached hydrogens (tertiary/aromatic N) is 1. The molecule has 19 heavy (non-hydrogen) atoms. The highest BCUT2D eigenvalue weighted by Gasteiger charge is 2.41. The Balaban J connectivity index is 2.31. The summed E-state index contributed by atoms with van der Waals surface area (Å²) in [5, 5.41) is 19.7. The Bertz CT molecular complexity index is 486. The number of aliphatic hydroxyl groups excluding tert-OH is 1. The lowest BCUT2D eigenvalue weighted by Crippen LogP contribution is -2.37. The molecule has 1 aromatic carbocycles. The Hall–Kier alpha value is -1.33. The molecule has 1 fully saturated rings. The molecule has 2 rings (SSSR count). The Kier molecular flexibility index (Phi) is 3.96. The summed E-state index contributed by atoms with van der Waals surface area (Å²) in [6, 6.07) is 9.54. The molecule has 0 amide bonds. The highest BCUT2D eigenvalue weighted by atomic mass is 16.3. The van der Waals surface area contributed by atoms with Crippen LogP contribution in [0.3, 0.4) is 0 Å². The molecule has 1 N–H and O–H groups in total. The molecule has 0 saturated heterocycles. The van der Waals surface area contributed by atoms with Gasteiger partial charge in [-0.1, -0.05) is 45.7 Å². The molecule has 2 heteroatoms. The third-order valence-electron chi connectivity index (χ3n) is 4.69. The molecule has 2 nitrogen and oxygen atoms in total. The van der Waals surface area contributed by atoms with Crippen molar-refractivity contribution in [1.82, 2.24) is 0 Å². The molecule has 0 aromatic heterocycles. The van der Waals surface area contributed by atoms with Gasteiger partial charge in [0, 0.05) is 0 Å². The van der Waals surface area contributed by atoms with Gasteiger partial charge in [-0.15, -0.1) is 0 Å². The van der Waals surface area contributed by atoms with E-state index in [1.165, 1.54) is 12.8 Å². The number of hydrogen-bond acceptors (Lipinski definition) is 2. The van der Waals surface area contributed by atoms with Crippen molar-refractivity contribution in [2.75, 3.05) is 0 Å². The summed E-state index contributed by atoms with van der Waals surface area (Å²) in [5.41, 5.74) is 1.66. The average molecular weight is 257 g/mol. The normalized spacial score (nSPS) is 27.5. The fraction of sp³-hybridized carbons (Fsp3) is 0.588. The molecule has 0 radical (unpaired) electrons. The Morgan fingerprint density at radius 1 is 1.42 bits per heavy atom. The molecule has 1 aromatic rings. The van der Waals surface area contributed by atoms with Gasteiger partial charge >= 0.3 is 0 Å². The van der Waals surface area contributed by atoms with E-state index in [0.29, 0.717) is 11.5 Å². The molecule has 0 heterocycles. The van der Waals surface area contributed by atoms with E-state index in [1.54, 1.807) is 6.07 Å². The van der Waals surface area contributed by atoms with Crippen LogP contribution >= 0.6 is 0 Å². The quantitative estimate of drug-likeness (QED) is 0.868. The summed E-state index contributed by atoms with van der Waals surface area (Å²) in [6.07, 6.45) is 3.12. The van der Waals surface area contributed by atoms with Crippen molar-refractivity contribution in [3.8, 4) is 6.07 Å². The number of hydrogen-bond donors (Lipinski definition) is 1. The van der Waals surface area contributed by atoms with Crippen LogP contribution in [0.25, 0.3) is 0 Å². The molecule has 3 atom stereocenters. The van der Waals surface area contributed by atoms with Gasteiger partial charge in [0.25, 0.3) is 0 Å². The molecule has 0 spiro atoms. The van der Waals surface area contributed by atoms with Gasteiger partial charge in [-0.2, -0.15) is 5.26 Å². The molecule has 0 aliphatic heterocycles. The fourth-order valence-electron chi connectivity index (χ4n) is 3.73. The summed E-state index contributed by atoms with van der Waals surface area (Å²) in [4.78, 5) is 0. The maximum atomic E-state index is 10.8. The third kappa shape index (κ3) is 2.82. The van der Waals surface area contributed by atoms with Crippen molar-refractivity contribution in [2.24, 2.45) is 17.3 Å². The van der Waals surface area contributed by atoms with E-state index in [-0.39, 0.29) is 11.3 Å². The van der Waals surface area contributed by atoms with E-state index < -0.39 is 6.10 Å². The smallest absolute Gasteiger partial charge is 0.0991 e. The summed E-state index contributed by atoms with van der Waals surface area (Å²) < 4.78 is 0. The minimum atomic E-state index is -0.474. The second kappa shape index (κ2) is 5.35. The molecule has 1 saturated carbocycles. The van der Waals surface area contributed by atoms with Crippen LogP contribution in [0.4, 0.5) is 0 Å². The lowest BCUT2D eigenvalue weighted by atomic mass is 9.61. The highest BCUT2D eigenvalue weighted by molar-refractivity contribution is 5.34. The lowest BCUT2D eigenvalue weighted by Gasteiger charge is -2.45. The van der Waals surface area contributed by atoms with Gasteiger partial charge in [0.2, 0.25) is 0 Å². The van der Waals surface area contributed by atoms with E-state index in [0.717, 1.165) is 12.0 Å². The van der Waals surface area contributed by atoms with Gasteiger partial charge in [0.15, 0.2) is 0 Å². The van der Waals surface area contributed by atoms with Crippen LogP contribution in [0, 0.1) is 28.6 Å². The van der Waals surface area contributed by atoms with Crippen LogP contribution in [0.1, 0.15) is 57.3 Å². The summed E-state index contributed by atoms with van der Waals surface area (Å²) in [6.45, 7) is 6.75. The first-order valence-electron chi connectivity index (χ1n) is 7.14. The predicted octanol–water partition coefficient (Wildman–Crippen LogP) is 4.05. The predicted molar refractivity (Wildman–Crippen MR) is 76.4 cm³/mol. The number of nitriles is 1. The van der Waals surface area contributed by atoms with Gasteiger partial charge in [0.1, 0.15) is 0 Å². The van der Waals surface area contributed by atoms with Gasteiger partial charge in [0.05, 0.1) is 17.7 Å². The summed E-state index contributed by atoms with van der Waals surface area (Å²) in [5.74, 6) is 0.777. The molecular formula is C17H23NO. The van der Waals surface area contributed by atoms with Gasteiger partial charge in [-0.25, -0.2) is 0 Å². The summed E-state index contributed by atoms with van der Waals surface area (Å²) >= 11 is 0. The maximum Gasteiger partial charge on any atom is 0.0991 e. The van der Waals surface area contributed by atoms with Crippen molar-refractivity contribution < 1.29 is 5.11 Å². The Morgan fingerprint density at radius 3 is 2.79 bits per heavy atom. The standard InChI is InChI=1S/C17H23NO/c1-12-6-5-9-17(2,3)15(12)16(19)14-8-4-7-13(10-14)11-18/h4,7-8,10,12,15-16,19H,5-6,9H2,1-3H3/t12-,15-,16?/m1/s1. The lowest BCUT2D eigenvalue weighted by molar-refractivity contribution is -0.0292. The molecule has 0 bridgehead atoms. The molecule has 1 unspecified atom stereocenters. The zero-order valence-corrected chi connectivity index (χ0v) is 12.1. The maximum absolute atomic E-state index is 10.8. The average Bonchev–Trinajstić information content (AvgIpc) is 2.37. The van der Waals surface area contributed by atoms with E-state index in [9.17, 15) is 5.11 Å². The van der Waals surface area contributed by atoms with Crippen molar-refractivity contribution in [1.29, 1.82) is 5.26 Å². The van der Waals surface area contributed by atoms with Crippen LogP contribution in [0.15, 0.2) is 24.3 Å². The number of rotatable bonds is 2. The van der Waals surface area contributed by atoms with E-state index >= 15 is 0 Å². The Labute approximate surface area is 116 Å². The van der Waals surface area contributed by atoms with Crippen molar-refractivity contribution in [3.63, 3.8) is 0 Å². The second-order valence-corrected chi connectivity index (χ2v) is 6.57. The van der Waals surface area contributed by atoms with Gasteiger partial charge in [-0.3, -0.25) is 0 Å². The van der Waals surface area contributed by atoms with Gasteiger partial charge < -0.3 is 5.11 Å². The van der Waals surface area contributed by atoms with Crippen LogP contribution in [0.2, 0.25) is 0 Å². The van der Waals surface area contributed by atoms with Crippen LogP contribution in [-0.2, 0) is 0 Å². The number of benzene rings is 1. The molecule has 1 aliphatic rings. The van der Waals surface area contributed by atoms with Crippen molar-refractivity contribution in [3.05, 3.63) is 35.4 Å². The van der Waals surface area contributed by atoms with E-state index in [2.05, 4.69) is 26.8 Å². The van der Waals surface area contributed by atoms with Crippen LogP contribution < -0.4 is 0 Å². The Morgan fingerprint density at radius 2 is 2.16 bits per heavy atom. The second-order valence-electron chi connectivity index (χ2n) is 6.57. The summed E-state index contributed by atoms with van der Waals surface area (Å²) in [7, 11) is 0. The first-order valence-corrected chi connectivity index (χ1v) is 7.14. The largest absolute Gasteiger partial charge is 0.388 e. The minimum absolute atomic E-state index is 0.153. The fourth-order valence-corrected chi connectivity index (χ4v) is 3.73. The zero-order valence-electron chi connectivity index (χ0n) is 12.1. The SMILES string of the molecule is C[C@@H]1CCCC(C)(C)[C@H]1C(O)c1cccc(C#N)c1. The molecule has 102 valence electrons. The monoisotopic (exact) mass is 257 g/mol. The van der Waals surface area contributed by atoms with Crippen LogP contribution in [-0.4, -0.2) is 5.11 Å². The topological polar surface area (TPSA) is 44.0 Å². The minimum Gasteiger partial charge on any atom is -0.388 e. The van der Waals surface area contributed by atoms with E-state index in [4.69, 9.17) is 5.26 Å². The third-order valence-corrected chi connectivity index (χ3v) is 4.69. The highest BCUT2D eigenvalue weighted by Crippen LogP contribution is 2.49. The van der Waals surface area contributed by atoms with Crippen molar-refractivity contribution in [2.45, 2.75) is 46.1 Å². The van der Waals surface area contributed by atoms with Crippen LogP contribution in [0.5, 0.6) is 0 Å². The molecule has 1 aliphatic carbocycles.